The third-order valence-electron chi connectivity index (χ3n) is 3.93. The van der Waals surface area contributed by atoms with Crippen LogP contribution in [0.25, 0.3) is 0 Å². The molecule has 2 rings (SSSR count). The first kappa shape index (κ1) is 19.6. The number of hydrogen-bond donors (Lipinski definition) is 2. The molecule has 1 atom stereocenters. The predicted molar refractivity (Wildman–Crippen MR) is 91.0 cm³/mol. The van der Waals surface area contributed by atoms with Gasteiger partial charge in [-0.2, -0.15) is 13.2 Å². The molecule has 25 heavy (non-hydrogen) atoms. The van der Waals surface area contributed by atoms with Crippen LogP contribution in [-0.4, -0.2) is 39.0 Å². The molecule has 1 heterocycles. The summed E-state index contributed by atoms with van der Waals surface area (Å²) in [5.41, 5.74) is -0.0265. The van der Waals surface area contributed by atoms with Crippen LogP contribution < -0.4 is 10.6 Å². The molecule has 1 fully saturated rings. The summed E-state index contributed by atoms with van der Waals surface area (Å²) in [5.74, 6) is 0.975. The Hall–Kier alpha value is -1.77. The van der Waals surface area contributed by atoms with E-state index in [4.69, 9.17) is 0 Å². The topological polar surface area (TPSA) is 70.6 Å². The summed E-state index contributed by atoms with van der Waals surface area (Å²) in [6, 6.07) is 4.88. The van der Waals surface area contributed by atoms with Crippen molar-refractivity contribution in [2.24, 2.45) is 10.9 Å². The van der Waals surface area contributed by atoms with Gasteiger partial charge in [0.1, 0.15) is 0 Å². The zero-order valence-electron chi connectivity index (χ0n) is 13.9. The van der Waals surface area contributed by atoms with Crippen LogP contribution in [0.1, 0.15) is 24.5 Å². The van der Waals surface area contributed by atoms with Gasteiger partial charge < -0.3 is 10.6 Å². The lowest BCUT2D eigenvalue weighted by molar-refractivity contribution is -0.137. The summed E-state index contributed by atoms with van der Waals surface area (Å²) in [6.07, 6.45) is -3.71. The van der Waals surface area contributed by atoms with E-state index >= 15 is 0 Å². The molecule has 2 N–H and O–H groups in total. The lowest BCUT2D eigenvalue weighted by Gasteiger charge is -2.14. The van der Waals surface area contributed by atoms with E-state index in [0.29, 0.717) is 31.0 Å². The Morgan fingerprint density at radius 3 is 2.44 bits per heavy atom. The molecule has 1 aliphatic rings. The van der Waals surface area contributed by atoms with Crippen molar-refractivity contribution < 1.29 is 21.6 Å². The number of hydrogen-bond acceptors (Lipinski definition) is 3. The average Bonchev–Trinajstić information content (AvgIpc) is 2.89. The van der Waals surface area contributed by atoms with Crippen molar-refractivity contribution in [2.45, 2.75) is 26.1 Å². The number of nitrogens with one attached hydrogen (secondary N) is 2. The first-order chi connectivity index (χ1) is 11.7. The maximum atomic E-state index is 12.5. The van der Waals surface area contributed by atoms with E-state index in [1.807, 2.05) is 6.92 Å². The second kappa shape index (κ2) is 8.07. The van der Waals surface area contributed by atoms with Crippen molar-refractivity contribution in [3.63, 3.8) is 0 Å². The Balaban J connectivity index is 1.92. The number of benzene rings is 1. The number of aliphatic imine (C=N–C) groups is 1. The maximum absolute atomic E-state index is 12.5. The molecule has 0 aromatic heterocycles. The second-order valence-electron chi connectivity index (χ2n) is 6.04. The van der Waals surface area contributed by atoms with Gasteiger partial charge in [-0.3, -0.25) is 0 Å². The van der Waals surface area contributed by atoms with Gasteiger partial charge in [0.15, 0.2) is 15.8 Å². The highest BCUT2D eigenvalue weighted by molar-refractivity contribution is 7.91. The van der Waals surface area contributed by atoms with E-state index in [1.54, 1.807) is 0 Å². The third kappa shape index (κ3) is 6.22. The quantitative estimate of drug-likeness (QED) is 0.610. The zero-order valence-corrected chi connectivity index (χ0v) is 14.8. The summed E-state index contributed by atoms with van der Waals surface area (Å²) >= 11 is 0. The molecule has 0 saturated carbocycles. The van der Waals surface area contributed by atoms with Crippen LogP contribution in [0.15, 0.2) is 29.3 Å². The summed E-state index contributed by atoms with van der Waals surface area (Å²) < 4.78 is 60.6. The summed E-state index contributed by atoms with van der Waals surface area (Å²) in [7, 11) is -2.92. The van der Waals surface area contributed by atoms with E-state index in [2.05, 4.69) is 15.6 Å². The van der Waals surface area contributed by atoms with Crippen molar-refractivity contribution in [3.8, 4) is 0 Å². The van der Waals surface area contributed by atoms with Crippen LogP contribution >= 0.6 is 0 Å². The smallest absolute Gasteiger partial charge is 0.357 e. The minimum atomic E-state index is -4.35. The lowest BCUT2D eigenvalue weighted by Crippen LogP contribution is -2.40. The van der Waals surface area contributed by atoms with Gasteiger partial charge in [-0.25, -0.2) is 13.4 Å². The van der Waals surface area contributed by atoms with E-state index < -0.39 is 21.6 Å². The van der Waals surface area contributed by atoms with Crippen molar-refractivity contribution in [3.05, 3.63) is 35.4 Å². The molecule has 1 aromatic carbocycles. The van der Waals surface area contributed by atoms with E-state index in [0.717, 1.165) is 12.1 Å². The normalized spacial score (nSPS) is 20.5. The summed E-state index contributed by atoms with van der Waals surface area (Å²) in [6.45, 7) is 3.26. The summed E-state index contributed by atoms with van der Waals surface area (Å²) in [5, 5.41) is 6.14. The summed E-state index contributed by atoms with van der Waals surface area (Å²) in [4.78, 5) is 4.34. The molecular formula is C16H22F3N3O2S. The number of alkyl halides is 3. The minimum Gasteiger partial charge on any atom is -0.357 e. The number of guanidine groups is 1. The Bertz CT molecular complexity index is 700. The number of nitrogens with zero attached hydrogens (tertiary/aromatic N) is 1. The van der Waals surface area contributed by atoms with Gasteiger partial charge in [0, 0.05) is 13.1 Å². The van der Waals surface area contributed by atoms with Gasteiger partial charge in [-0.1, -0.05) is 12.1 Å². The van der Waals surface area contributed by atoms with Crippen LogP contribution in [0.3, 0.4) is 0 Å². The molecule has 0 spiro atoms. The molecule has 5 nitrogen and oxygen atoms in total. The fourth-order valence-electron chi connectivity index (χ4n) is 2.59. The standard InChI is InChI=1S/C16H22F3N3O2S/c1-2-20-15(22-10-13-7-8-25(23,24)11-13)21-9-12-3-5-14(6-4-12)16(17,18)19/h3-6,13H,2,7-11H2,1H3,(H2,20,21,22). The first-order valence-corrected chi connectivity index (χ1v) is 9.90. The van der Waals surface area contributed by atoms with E-state index in [9.17, 15) is 21.6 Å². The molecule has 1 aliphatic heterocycles. The molecule has 140 valence electrons. The Labute approximate surface area is 145 Å². The van der Waals surface area contributed by atoms with Crippen molar-refractivity contribution >= 4 is 15.8 Å². The minimum absolute atomic E-state index is 0.0555. The van der Waals surface area contributed by atoms with Crippen molar-refractivity contribution in [2.75, 3.05) is 24.6 Å². The van der Waals surface area contributed by atoms with Crippen LogP contribution in [-0.2, 0) is 22.6 Å². The number of halogens is 3. The molecule has 9 heteroatoms. The second-order valence-corrected chi connectivity index (χ2v) is 8.27. The van der Waals surface area contributed by atoms with Crippen molar-refractivity contribution in [1.29, 1.82) is 0 Å². The highest BCUT2D eigenvalue weighted by atomic mass is 32.2. The van der Waals surface area contributed by atoms with Gasteiger partial charge in [0.25, 0.3) is 0 Å². The molecule has 1 aromatic rings. The van der Waals surface area contributed by atoms with Crippen LogP contribution in [0.2, 0.25) is 0 Å². The highest BCUT2D eigenvalue weighted by Crippen LogP contribution is 2.29. The Morgan fingerprint density at radius 2 is 1.92 bits per heavy atom. The zero-order chi connectivity index (χ0) is 18.5. The van der Waals surface area contributed by atoms with Crippen LogP contribution in [0.5, 0.6) is 0 Å². The van der Waals surface area contributed by atoms with Gasteiger partial charge in [0.2, 0.25) is 0 Å². The van der Waals surface area contributed by atoms with Gasteiger partial charge in [-0.15, -0.1) is 0 Å². The molecule has 1 unspecified atom stereocenters. The number of sulfone groups is 1. The Morgan fingerprint density at radius 1 is 1.24 bits per heavy atom. The fraction of sp³-hybridized carbons (Fsp3) is 0.562. The molecule has 0 bridgehead atoms. The van der Waals surface area contributed by atoms with E-state index in [1.165, 1.54) is 12.1 Å². The average molecular weight is 377 g/mol. The van der Waals surface area contributed by atoms with Gasteiger partial charge >= 0.3 is 6.18 Å². The van der Waals surface area contributed by atoms with Crippen LogP contribution in [0, 0.1) is 5.92 Å². The van der Waals surface area contributed by atoms with Crippen LogP contribution in [0.4, 0.5) is 13.2 Å². The largest absolute Gasteiger partial charge is 0.416 e. The lowest BCUT2D eigenvalue weighted by atomic mass is 10.1. The third-order valence-corrected chi connectivity index (χ3v) is 5.77. The predicted octanol–water partition coefficient (Wildman–Crippen LogP) is 2.20. The SMILES string of the molecule is CCNC(=NCc1ccc(C(F)(F)F)cc1)NCC1CCS(=O)(=O)C1. The molecule has 0 amide bonds. The molecular weight excluding hydrogens is 355 g/mol. The number of rotatable bonds is 5. The first-order valence-electron chi connectivity index (χ1n) is 8.08. The maximum Gasteiger partial charge on any atom is 0.416 e. The molecule has 1 saturated heterocycles. The molecule has 0 aliphatic carbocycles. The Kier molecular flexibility index (Phi) is 6.31. The van der Waals surface area contributed by atoms with Gasteiger partial charge in [0.05, 0.1) is 23.6 Å². The van der Waals surface area contributed by atoms with Gasteiger partial charge in [-0.05, 0) is 37.0 Å². The molecule has 0 radical (unpaired) electrons. The fourth-order valence-corrected chi connectivity index (χ4v) is 4.45. The van der Waals surface area contributed by atoms with E-state index in [-0.39, 0.29) is 24.0 Å². The van der Waals surface area contributed by atoms with Crippen molar-refractivity contribution in [1.82, 2.24) is 10.6 Å². The monoisotopic (exact) mass is 377 g/mol. The highest BCUT2D eigenvalue weighted by Gasteiger charge is 2.30.